The summed E-state index contributed by atoms with van der Waals surface area (Å²) in [5.41, 5.74) is 4.20. The van der Waals surface area contributed by atoms with Crippen molar-refractivity contribution in [1.29, 1.82) is 0 Å². The SMILES string of the molecule is CC(C)=CCC/C(C)=C/CC/C(C)=C/COc1ccc(C(=O)NCCO)c(O)c1. The van der Waals surface area contributed by atoms with Crippen molar-refractivity contribution in [2.45, 2.75) is 53.4 Å². The number of phenols is 1. The topological polar surface area (TPSA) is 78.8 Å². The molecule has 29 heavy (non-hydrogen) atoms. The number of benzene rings is 1. The van der Waals surface area contributed by atoms with E-state index < -0.39 is 5.91 Å². The predicted octanol–water partition coefficient (Wildman–Crippen LogP) is 4.91. The van der Waals surface area contributed by atoms with Crippen LogP contribution in [-0.4, -0.2) is 35.9 Å². The predicted molar refractivity (Wildman–Crippen MR) is 118 cm³/mol. The maximum absolute atomic E-state index is 11.8. The van der Waals surface area contributed by atoms with Gasteiger partial charge in [0, 0.05) is 12.6 Å². The third-order valence-corrected chi connectivity index (χ3v) is 4.42. The summed E-state index contributed by atoms with van der Waals surface area (Å²) in [6.07, 6.45) is 10.8. The second-order valence-corrected chi connectivity index (χ2v) is 7.43. The first kappa shape index (κ1) is 24.5. The van der Waals surface area contributed by atoms with Gasteiger partial charge in [-0.2, -0.15) is 0 Å². The Balaban J connectivity index is 2.43. The van der Waals surface area contributed by atoms with Gasteiger partial charge in [-0.1, -0.05) is 28.9 Å². The molecule has 0 unspecified atom stereocenters. The fraction of sp³-hybridized carbons (Fsp3) is 0.458. The van der Waals surface area contributed by atoms with E-state index in [9.17, 15) is 9.90 Å². The van der Waals surface area contributed by atoms with Crippen LogP contribution in [0, 0.1) is 0 Å². The van der Waals surface area contributed by atoms with Crippen molar-refractivity contribution in [1.82, 2.24) is 5.32 Å². The molecule has 3 N–H and O–H groups in total. The van der Waals surface area contributed by atoms with Gasteiger partial charge in [0.25, 0.3) is 5.91 Å². The van der Waals surface area contributed by atoms with Crippen LogP contribution < -0.4 is 10.1 Å². The average molecular weight is 402 g/mol. The lowest BCUT2D eigenvalue weighted by atomic mass is 10.1. The third kappa shape index (κ3) is 10.5. The fourth-order valence-electron chi connectivity index (χ4n) is 2.68. The van der Waals surface area contributed by atoms with Gasteiger partial charge in [-0.25, -0.2) is 0 Å². The molecule has 0 aliphatic rings. The molecule has 0 spiro atoms. The highest BCUT2D eigenvalue weighted by molar-refractivity contribution is 5.96. The molecule has 0 aromatic heterocycles. The van der Waals surface area contributed by atoms with Crippen molar-refractivity contribution >= 4 is 5.91 Å². The van der Waals surface area contributed by atoms with Gasteiger partial charge in [-0.3, -0.25) is 4.79 Å². The second-order valence-electron chi connectivity index (χ2n) is 7.43. The number of aliphatic hydroxyl groups excluding tert-OH is 1. The van der Waals surface area contributed by atoms with Gasteiger partial charge in [-0.05, 0) is 71.6 Å². The Hall–Kier alpha value is -2.53. The highest BCUT2D eigenvalue weighted by atomic mass is 16.5. The number of hydrogen-bond acceptors (Lipinski definition) is 4. The number of aliphatic hydroxyl groups is 1. The first-order chi connectivity index (χ1) is 13.8. The molecule has 0 radical (unpaired) electrons. The van der Waals surface area contributed by atoms with Gasteiger partial charge in [0.2, 0.25) is 0 Å². The van der Waals surface area contributed by atoms with E-state index in [4.69, 9.17) is 9.84 Å². The van der Waals surface area contributed by atoms with Crippen molar-refractivity contribution in [2.75, 3.05) is 19.8 Å². The lowest BCUT2D eigenvalue weighted by Crippen LogP contribution is -2.26. The maximum Gasteiger partial charge on any atom is 0.255 e. The number of ether oxygens (including phenoxy) is 1. The molecule has 1 aromatic rings. The molecule has 5 heteroatoms. The smallest absolute Gasteiger partial charge is 0.255 e. The maximum atomic E-state index is 11.8. The highest BCUT2D eigenvalue weighted by Gasteiger charge is 2.11. The Morgan fingerprint density at radius 2 is 1.69 bits per heavy atom. The summed E-state index contributed by atoms with van der Waals surface area (Å²) in [5, 5.41) is 21.2. The van der Waals surface area contributed by atoms with E-state index in [0.29, 0.717) is 12.4 Å². The zero-order chi connectivity index (χ0) is 21.6. The molecule has 1 aromatic carbocycles. The molecule has 0 saturated heterocycles. The Bertz CT molecular complexity index is 743. The number of phenolic OH excluding ortho intramolecular Hbond substituents is 1. The molecule has 1 rings (SSSR count). The number of aromatic hydroxyl groups is 1. The number of amides is 1. The number of nitrogens with one attached hydrogen (secondary N) is 1. The summed E-state index contributed by atoms with van der Waals surface area (Å²) < 4.78 is 5.65. The minimum absolute atomic E-state index is 0.144. The van der Waals surface area contributed by atoms with Gasteiger partial charge in [0.1, 0.15) is 18.1 Å². The van der Waals surface area contributed by atoms with Crippen LogP contribution in [0.2, 0.25) is 0 Å². The van der Waals surface area contributed by atoms with E-state index >= 15 is 0 Å². The van der Waals surface area contributed by atoms with Crippen molar-refractivity contribution in [3.8, 4) is 11.5 Å². The lowest BCUT2D eigenvalue weighted by molar-refractivity contribution is 0.0942. The molecule has 1 amide bonds. The van der Waals surface area contributed by atoms with Gasteiger partial charge in [0.05, 0.1) is 12.2 Å². The molecule has 0 fully saturated rings. The Morgan fingerprint density at radius 3 is 2.31 bits per heavy atom. The van der Waals surface area contributed by atoms with Crippen molar-refractivity contribution < 1.29 is 19.7 Å². The van der Waals surface area contributed by atoms with E-state index in [0.717, 1.165) is 25.7 Å². The number of carbonyl (C=O) groups is 1. The summed E-state index contributed by atoms with van der Waals surface area (Å²) in [5.74, 6) is -0.0734. The van der Waals surface area contributed by atoms with Crippen LogP contribution in [0.25, 0.3) is 0 Å². The van der Waals surface area contributed by atoms with Gasteiger partial charge >= 0.3 is 0 Å². The van der Waals surface area contributed by atoms with Crippen molar-refractivity contribution in [3.63, 3.8) is 0 Å². The van der Waals surface area contributed by atoms with Crippen LogP contribution in [0.5, 0.6) is 11.5 Å². The molecular weight excluding hydrogens is 366 g/mol. The number of hydrogen-bond donors (Lipinski definition) is 3. The Labute approximate surface area is 174 Å². The van der Waals surface area contributed by atoms with E-state index in [1.54, 1.807) is 6.07 Å². The van der Waals surface area contributed by atoms with E-state index in [-0.39, 0.29) is 24.5 Å². The molecule has 0 saturated carbocycles. The average Bonchev–Trinajstić information content (AvgIpc) is 2.66. The van der Waals surface area contributed by atoms with E-state index in [1.807, 2.05) is 6.08 Å². The molecule has 0 aliphatic heterocycles. The Kier molecular flexibility index (Phi) is 11.5. The molecular formula is C24H35NO4. The quantitative estimate of drug-likeness (QED) is 0.435. The monoisotopic (exact) mass is 401 g/mol. The fourth-order valence-corrected chi connectivity index (χ4v) is 2.68. The summed E-state index contributed by atoms with van der Waals surface area (Å²) >= 11 is 0. The summed E-state index contributed by atoms with van der Waals surface area (Å²) in [7, 11) is 0. The van der Waals surface area contributed by atoms with Crippen LogP contribution in [0.15, 0.2) is 53.1 Å². The molecule has 5 nitrogen and oxygen atoms in total. The largest absolute Gasteiger partial charge is 0.507 e. The lowest BCUT2D eigenvalue weighted by Gasteiger charge is -2.09. The first-order valence-electron chi connectivity index (χ1n) is 10.1. The van der Waals surface area contributed by atoms with Crippen LogP contribution in [-0.2, 0) is 0 Å². The molecule has 0 atom stereocenters. The van der Waals surface area contributed by atoms with Gasteiger partial charge < -0.3 is 20.3 Å². The minimum atomic E-state index is -0.428. The number of rotatable bonds is 12. The summed E-state index contributed by atoms with van der Waals surface area (Å²) in [6.45, 7) is 8.92. The first-order valence-corrected chi connectivity index (χ1v) is 10.1. The van der Waals surface area contributed by atoms with Crippen LogP contribution in [0.4, 0.5) is 0 Å². The molecule has 0 bridgehead atoms. The highest BCUT2D eigenvalue weighted by Crippen LogP contribution is 2.23. The van der Waals surface area contributed by atoms with Crippen LogP contribution in [0.3, 0.4) is 0 Å². The van der Waals surface area contributed by atoms with E-state index in [1.165, 1.54) is 28.9 Å². The molecule has 160 valence electrons. The number of carbonyl (C=O) groups excluding carboxylic acids is 1. The summed E-state index contributed by atoms with van der Waals surface area (Å²) in [6, 6.07) is 4.58. The van der Waals surface area contributed by atoms with Crippen molar-refractivity contribution in [3.05, 3.63) is 58.7 Å². The van der Waals surface area contributed by atoms with Crippen LogP contribution in [0.1, 0.15) is 63.7 Å². The van der Waals surface area contributed by atoms with Gasteiger partial charge in [-0.15, -0.1) is 0 Å². The molecule has 0 heterocycles. The second kappa shape index (κ2) is 13.6. The molecule has 0 aliphatic carbocycles. The zero-order valence-electron chi connectivity index (χ0n) is 18.1. The standard InChI is InChI=1S/C24H35NO4/c1-18(2)7-5-8-19(3)9-6-10-20(4)13-16-29-21-11-12-22(23(27)17-21)24(28)25-14-15-26/h7,9,11-13,17,26-27H,5-6,8,10,14-16H2,1-4H3,(H,25,28)/b19-9+,20-13+. The minimum Gasteiger partial charge on any atom is -0.507 e. The van der Waals surface area contributed by atoms with Gasteiger partial charge in [0.15, 0.2) is 0 Å². The van der Waals surface area contributed by atoms with Crippen LogP contribution >= 0.6 is 0 Å². The zero-order valence-corrected chi connectivity index (χ0v) is 18.1. The normalized spacial score (nSPS) is 11.9. The van der Waals surface area contributed by atoms with Crippen molar-refractivity contribution in [2.24, 2.45) is 0 Å². The summed E-state index contributed by atoms with van der Waals surface area (Å²) in [4.78, 5) is 11.8. The third-order valence-electron chi connectivity index (χ3n) is 4.42. The Morgan fingerprint density at radius 1 is 1.03 bits per heavy atom. The van der Waals surface area contributed by atoms with E-state index in [2.05, 4.69) is 45.2 Å². The number of allylic oxidation sites excluding steroid dienone is 5.